The van der Waals surface area contributed by atoms with Gasteiger partial charge in [0.05, 0.1) is 6.61 Å². The van der Waals surface area contributed by atoms with Gasteiger partial charge in [-0.05, 0) is 25.7 Å². The second-order valence-electron chi connectivity index (χ2n) is 4.37. The molecule has 1 aromatic heterocycles. The molecule has 0 atom stereocenters. The molecule has 1 heterocycles. The van der Waals surface area contributed by atoms with E-state index in [-0.39, 0.29) is 6.61 Å². The van der Waals surface area contributed by atoms with Crippen molar-refractivity contribution in [2.24, 2.45) is 0 Å². The number of hydrogen-bond acceptors (Lipinski definition) is 3. The number of aromatic amines is 1. The topological polar surface area (TPSA) is 37.9 Å². The van der Waals surface area contributed by atoms with E-state index in [2.05, 4.69) is 9.97 Å². The third kappa shape index (κ3) is 3.55. The molecule has 0 amide bonds. The third-order valence-corrected chi connectivity index (χ3v) is 3.32. The maximum Gasteiger partial charge on any atom is 0.261 e. The van der Waals surface area contributed by atoms with Gasteiger partial charge in [0.15, 0.2) is 0 Å². The number of ether oxygens (including phenoxy) is 1. The predicted molar refractivity (Wildman–Crippen MR) is 66.6 cm³/mol. The van der Waals surface area contributed by atoms with Crippen LogP contribution in [-0.2, 0) is 24.0 Å². The van der Waals surface area contributed by atoms with E-state index in [1.165, 1.54) is 0 Å². The quantitative estimate of drug-likeness (QED) is 0.663. The molecule has 0 aliphatic heterocycles. The normalized spacial score (nSPS) is 14.8. The second-order valence-corrected chi connectivity index (χ2v) is 4.76. The van der Waals surface area contributed by atoms with E-state index in [0.717, 1.165) is 42.8 Å². The van der Waals surface area contributed by atoms with Crippen LogP contribution in [0.5, 0.6) is 0 Å². The number of hydrogen-bond donors (Lipinski definition) is 1. The van der Waals surface area contributed by atoms with Crippen LogP contribution < -0.4 is 0 Å². The fraction of sp³-hybridized carbons (Fsp3) is 0.667. The molecule has 100 valence electrons. The van der Waals surface area contributed by atoms with Crippen LogP contribution >= 0.6 is 12.2 Å². The maximum atomic E-state index is 11.9. The Morgan fingerprint density at radius 3 is 2.89 bits per heavy atom. The number of H-pyrrole nitrogens is 1. The molecule has 0 radical (unpaired) electrons. The first-order valence-electron chi connectivity index (χ1n) is 6.13. The zero-order chi connectivity index (χ0) is 13.0. The molecule has 0 saturated carbocycles. The van der Waals surface area contributed by atoms with Crippen molar-refractivity contribution in [1.29, 1.82) is 0 Å². The SMILES string of the molecule is FC(F)COCCc1nc(=S)c2c([nH]1)CCCC2. The van der Waals surface area contributed by atoms with E-state index in [1.54, 1.807) is 0 Å². The van der Waals surface area contributed by atoms with Gasteiger partial charge in [0.25, 0.3) is 6.43 Å². The van der Waals surface area contributed by atoms with E-state index in [4.69, 9.17) is 17.0 Å². The van der Waals surface area contributed by atoms with Gasteiger partial charge in [-0.2, -0.15) is 0 Å². The van der Waals surface area contributed by atoms with Crippen molar-refractivity contribution in [3.05, 3.63) is 21.7 Å². The summed E-state index contributed by atoms with van der Waals surface area (Å²) in [4.78, 5) is 7.54. The number of aromatic nitrogens is 2. The molecule has 3 nitrogen and oxygen atoms in total. The van der Waals surface area contributed by atoms with E-state index in [0.29, 0.717) is 11.1 Å². The molecule has 0 fully saturated rings. The van der Waals surface area contributed by atoms with Crippen LogP contribution in [0.3, 0.4) is 0 Å². The average molecular weight is 274 g/mol. The summed E-state index contributed by atoms with van der Waals surface area (Å²) in [6, 6.07) is 0. The second kappa shape index (κ2) is 6.33. The van der Waals surface area contributed by atoms with Crippen molar-refractivity contribution in [2.45, 2.75) is 38.5 Å². The summed E-state index contributed by atoms with van der Waals surface area (Å²) < 4.78 is 29.3. The van der Waals surface area contributed by atoms with E-state index in [1.807, 2.05) is 0 Å². The van der Waals surface area contributed by atoms with E-state index >= 15 is 0 Å². The van der Waals surface area contributed by atoms with Gasteiger partial charge in [0, 0.05) is 17.7 Å². The predicted octanol–water partition coefficient (Wildman–Crippen LogP) is 2.84. The fourth-order valence-corrected chi connectivity index (χ4v) is 2.47. The number of nitrogens with zero attached hydrogens (tertiary/aromatic N) is 1. The van der Waals surface area contributed by atoms with Crippen molar-refractivity contribution in [1.82, 2.24) is 9.97 Å². The first-order valence-corrected chi connectivity index (χ1v) is 6.54. The van der Waals surface area contributed by atoms with Crippen LogP contribution in [0.2, 0.25) is 0 Å². The highest BCUT2D eigenvalue weighted by molar-refractivity contribution is 7.71. The van der Waals surface area contributed by atoms with Crippen LogP contribution in [0, 0.1) is 4.64 Å². The lowest BCUT2D eigenvalue weighted by Crippen LogP contribution is -2.13. The molecule has 0 spiro atoms. The third-order valence-electron chi connectivity index (χ3n) is 2.98. The van der Waals surface area contributed by atoms with E-state index in [9.17, 15) is 8.78 Å². The lowest BCUT2D eigenvalue weighted by Gasteiger charge is -2.16. The van der Waals surface area contributed by atoms with Crippen LogP contribution in [0.1, 0.15) is 29.9 Å². The first kappa shape index (κ1) is 13.5. The van der Waals surface area contributed by atoms with Gasteiger partial charge in [-0.3, -0.25) is 0 Å². The summed E-state index contributed by atoms with van der Waals surface area (Å²) in [7, 11) is 0. The van der Waals surface area contributed by atoms with Crippen LogP contribution in [0.25, 0.3) is 0 Å². The molecule has 1 aromatic rings. The monoisotopic (exact) mass is 274 g/mol. The molecule has 1 N–H and O–H groups in total. The number of fused-ring (bicyclic) bond motifs is 1. The van der Waals surface area contributed by atoms with Gasteiger partial charge in [-0.25, -0.2) is 13.8 Å². The van der Waals surface area contributed by atoms with Crippen LogP contribution in [-0.4, -0.2) is 29.6 Å². The number of rotatable bonds is 5. The fourth-order valence-electron chi connectivity index (χ4n) is 2.13. The molecule has 0 unspecified atom stereocenters. The van der Waals surface area contributed by atoms with Gasteiger partial charge in [-0.15, -0.1) is 0 Å². The Balaban J connectivity index is 1.97. The molecule has 1 aliphatic carbocycles. The summed E-state index contributed by atoms with van der Waals surface area (Å²) in [5.74, 6) is 0.731. The Morgan fingerprint density at radius 1 is 1.33 bits per heavy atom. The molecular formula is C12H16F2N2OS. The van der Waals surface area contributed by atoms with Gasteiger partial charge in [0.1, 0.15) is 17.1 Å². The molecule has 1 aliphatic rings. The van der Waals surface area contributed by atoms with Crippen molar-refractivity contribution < 1.29 is 13.5 Å². The minimum absolute atomic E-state index is 0.238. The first-order chi connectivity index (χ1) is 8.66. The molecule has 2 rings (SSSR count). The minimum Gasteiger partial charge on any atom is -0.375 e. The van der Waals surface area contributed by atoms with Crippen LogP contribution in [0.4, 0.5) is 8.78 Å². The number of halogens is 2. The Bertz CT molecular complexity index is 462. The molecule has 18 heavy (non-hydrogen) atoms. The maximum absolute atomic E-state index is 11.9. The van der Waals surface area contributed by atoms with Gasteiger partial charge in [-0.1, -0.05) is 12.2 Å². The summed E-state index contributed by atoms with van der Waals surface area (Å²) in [6.07, 6.45) is 2.36. The summed E-state index contributed by atoms with van der Waals surface area (Å²) in [5, 5.41) is 0. The summed E-state index contributed by atoms with van der Waals surface area (Å²) in [6.45, 7) is -0.285. The zero-order valence-corrected chi connectivity index (χ0v) is 10.9. The minimum atomic E-state index is -2.42. The average Bonchev–Trinajstić information content (AvgIpc) is 2.35. The smallest absolute Gasteiger partial charge is 0.261 e. The van der Waals surface area contributed by atoms with Crippen molar-refractivity contribution in [3.8, 4) is 0 Å². The Hall–Kier alpha value is -0.880. The molecule has 0 aromatic carbocycles. The highest BCUT2D eigenvalue weighted by Gasteiger charge is 2.13. The molecule has 6 heteroatoms. The Labute approximate surface area is 110 Å². The number of alkyl halides is 2. The van der Waals surface area contributed by atoms with Crippen molar-refractivity contribution >= 4 is 12.2 Å². The Kier molecular flexibility index (Phi) is 4.77. The van der Waals surface area contributed by atoms with Crippen molar-refractivity contribution in [2.75, 3.05) is 13.2 Å². The van der Waals surface area contributed by atoms with Gasteiger partial charge < -0.3 is 9.72 Å². The molecule has 0 saturated heterocycles. The summed E-state index contributed by atoms with van der Waals surface area (Å²) >= 11 is 5.25. The van der Waals surface area contributed by atoms with E-state index < -0.39 is 13.0 Å². The lowest BCUT2D eigenvalue weighted by atomic mass is 9.97. The molecular weight excluding hydrogens is 258 g/mol. The standard InChI is InChI=1S/C12H16F2N2OS/c13-10(14)7-17-6-5-11-15-9-4-2-1-3-8(9)12(18)16-11/h10H,1-7H2,(H,15,16,18). The largest absolute Gasteiger partial charge is 0.375 e. The summed E-state index contributed by atoms with van der Waals surface area (Å²) in [5.41, 5.74) is 2.30. The van der Waals surface area contributed by atoms with Gasteiger partial charge in [0.2, 0.25) is 0 Å². The van der Waals surface area contributed by atoms with Gasteiger partial charge >= 0.3 is 0 Å². The number of nitrogens with one attached hydrogen (secondary N) is 1. The number of aryl methyl sites for hydroxylation is 1. The highest BCUT2D eigenvalue weighted by Crippen LogP contribution is 2.19. The van der Waals surface area contributed by atoms with Crippen molar-refractivity contribution in [3.63, 3.8) is 0 Å². The Morgan fingerprint density at radius 2 is 2.11 bits per heavy atom. The lowest BCUT2D eigenvalue weighted by molar-refractivity contribution is 0.0182. The zero-order valence-electron chi connectivity index (χ0n) is 10.0. The van der Waals surface area contributed by atoms with Crippen LogP contribution in [0.15, 0.2) is 0 Å². The highest BCUT2D eigenvalue weighted by atomic mass is 32.1. The molecule has 0 bridgehead atoms.